The number of carbonyl (C=O) groups is 1. The van der Waals surface area contributed by atoms with E-state index in [2.05, 4.69) is 49.1 Å². The Labute approximate surface area is 232 Å². The highest BCUT2D eigenvalue weighted by Gasteiger charge is 2.23. The standard InChI is InChI=1S/C30H30ClN7O/c31-26-19-33-30-36-25-14-21(17-32-18-25)6-7-22-16-24(35-29(26)37-30)8-9-27(22)34-23-10-12-38(13-11-23)28(39)15-20-4-2-1-3-5-20/h1-5,8-9,14,16-19,23,34H,6-7,10-13,15H2,(H2,33,35,36,37). The Morgan fingerprint density at radius 1 is 0.974 bits per heavy atom. The number of nitrogens with one attached hydrogen (secondary N) is 3. The highest BCUT2D eigenvalue weighted by molar-refractivity contribution is 6.32. The van der Waals surface area contributed by atoms with E-state index in [1.165, 1.54) is 5.56 Å². The average molecular weight is 540 g/mol. The maximum atomic E-state index is 12.8. The second-order valence-electron chi connectivity index (χ2n) is 10.1. The minimum absolute atomic E-state index is 0.199. The maximum absolute atomic E-state index is 12.8. The maximum Gasteiger partial charge on any atom is 0.229 e. The van der Waals surface area contributed by atoms with Gasteiger partial charge in [0, 0.05) is 36.7 Å². The number of pyridine rings is 1. The molecule has 9 heteroatoms. The molecule has 0 saturated carbocycles. The Hall–Kier alpha value is -4.17. The van der Waals surface area contributed by atoms with Crippen LogP contribution in [0.15, 0.2) is 73.2 Å². The minimum atomic E-state index is 0.199. The van der Waals surface area contributed by atoms with E-state index in [1.807, 2.05) is 47.5 Å². The van der Waals surface area contributed by atoms with E-state index >= 15 is 0 Å². The second kappa shape index (κ2) is 11.3. The van der Waals surface area contributed by atoms with Crippen molar-refractivity contribution in [1.82, 2.24) is 19.9 Å². The number of amides is 1. The molecule has 4 aromatic rings. The van der Waals surface area contributed by atoms with Gasteiger partial charge in [-0.05, 0) is 66.6 Å². The van der Waals surface area contributed by atoms with Gasteiger partial charge in [-0.3, -0.25) is 9.78 Å². The number of likely N-dealkylation sites (tertiary alicyclic amines) is 1. The first-order chi connectivity index (χ1) is 19.1. The molecule has 1 fully saturated rings. The summed E-state index contributed by atoms with van der Waals surface area (Å²) >= 11 is 6.40. The van der Waals surface area contributed by atoms with Gasteiger partial charge in [0.15, 0.2) is 5.82 Å². The fourth-order valence-corrected chi connectivity index (χ4v) is 5.29. The third-order valence-corrected chi connectivity index (χ3v) is 7.53. The van der Waals surface area contributed by atoms with E-state index in [9.17, 15) is 4.79 Å². The lowest BCUT2D eigenvalue weighted by atomic mass is 10.00. The highest BCUT2D eigenvalue weighted by Crippen LogP contribution is 2.30. The molecule has 0 unspecified atom stereocenters. The summed E-state index contributed by atoms with van der Waals surface area (Å²) in [4.78, 5) is 28.1. The number of benzene rings is 2. The monoisotopic (exact) mass is 539 g/mol. The van der Waals surface area contributed by atoms with Crippen molar-refractivity contribution in [3.63, 3.8) is 0 Å². The SMILES string of the molecule is O=C(Cc1ccccc1)N1CCC(Nc2ccc3cc2CCc2cncc(c2)Nc2ncc(Cl)c(n2)N3)CC1. The number of anilines is 5. The smallest absolute Gasteiger partial charge is 0.229 e. The fraction of sp³-hybridized carbons (Fsp3) is 0.267. The van der Waals surface area contributed by atoms with Crippen molar-refractivity contribution in [2.75, 3.05) is 29.0 Å². The zero-order valence-corrected chi connectivity index (χ0v) is 22.3. The van der Waals surface area contributed by atoms with E-state index in [1.54, 1.807) is 12.4 Å². The third kappa shape index (κ3) is 6.12. The fourth-order valence-electron chi connectivity index (χ4n) is 5.15. The normalized spacial score (nSPS) is 15.2. The molecule has 198 valence electrons. The predicted octanol–water partition coefficient (Wildman–Crippen LogP) is 5.76. The molecule has 2 aromatic carbocycles. The van der Waals surface area contributed by atoms with Crippen molar-refractivity contribution in [3.05, 3.63) is 94.9 Å². The van der Waals surface area contributed by atoms with Gasteiger partial charge in [-0.1, -0.05) is 41.9 Å². The molecule has 0 radical (unpaired) electrons. The molecule has 2 aliphatic rings. The Balaban J connectivity index is 1.18. The molecule has 3 N–H and O–H groups in total. The largest absolute Gasteiger partial charge is 0.382 e. The molecule has 8 nitrogen and oxygen atoms in total. The Bertz CT molecular complexity index is 1470. The van der Waals surface area contributed by atoms with Crippen molar-refractivity contribution < 1.29 is 4.79 Å². The first kappa shape index (κ1) is 25.1. The van der Waals surface area contributed by atoms with E-state index in [-0.39, 0.29) is 5.91 Å². The minimum Gasteiger partial charge on any atom is -0.382 e. The first-order valence-corrected chi connectivity index (χ1v) is 13.7. The van der Waals surface area contributed by atoms with Gasteiger partial charge in [-0.2, -0.15) is 4.98 Å². The Morgan fingerprint density at radius 3 is 2.67 bits per heavy atom. The van der Waals surface area contributed by atoms with Crippen molar-refractivity contribution in [2.24, 2.45) is 0 Å². The van der Waals surface area contributed by atoms with Gasteiger partial charge in [-0.15, -0.1) is 0 Å². The van der Waals surface area contributed by atoms with Crippen LogP contribution in [-0.4, -0.2) is 44.9 Å². The molecule has 39 heavy (non-hydrogen) atoms. The number of aromatic nitrogens is 3. The summed E-state index contributed by atoms with van der Waals surface area (Å²) in [6.07, 6.45) is 9.22. The number of nitrogens with zero attached hydrogens (tertiary/aromatic N) is 4. The highest BCUT2D eigenvalue weighted by atomic mass is 35.5. The van der Waals surface area contributed by atoms with Crippen LogP contribution in [0.3, 0.4) is 0 Å². The van der Waals surface area contributed by atoms with Gasteiger partial charge in [-0.25, -0.2) is 4.98 Å². The quantitative estimate of drug-likeness (QED) is 0.303. The lowest BCUT2D eigenvalue weighted by Crippen LogP contribution is -2.43. The van der Waals surface area contributed by atoms with E-state index < -0.39 is 0 Å². The molecule has 0 atom stereocenters. The summed E-state index contributed by atoms with van der Waals surface area (Å²) in [7, 11) is 0. The van der Waals surface area contributed by atoms with Gasteiger partial charge in [0.1, 0.15) is 5.02 Å². The van der Waals surface area contributed by atoms with E-state index in [0.717, 1.165) is 67.0 Å². The van der Waals surface area contributed by atoms with E-state index in [0.29, 0.717) is 29.3 Å². The Morgan fingerprint density at radius 2 is 1.82 bits per heavy atom. The molecule has 2 aliphatic heterocycles. The third-order valence-electron chi connectivity index (χ3n) is 7.25. The number of halogens is 1. The molecule has 1 saturated heterocycles. The molecule has 6 bridgehead atoms. The zero-order valence-electron chi connectivity index (χ0n) is 21.5. The molecular formula is C30H30ClN7O. The number of piperidine rings is 1. The summed E-state index contributed by atoms with van der Waals surface area (Å²) in [6.45, 7) is 1.52. The van der Waals surface area contributed by atoms with Crippen molar-refractivity contribution >= 4 is 46.3 Å². The van der Waals surface area contributed by atoms with E-state index in [4.69, 9.17) is 11.6 Å². The number of hydrogen-bond acceptors (Lipinski definition) is 7. The lowest BCUT2D eigenvalue weighted by Gasteiger charge is -2.33. The van der Waals surface area contributed by atoms with Gasteiger partial charge in [0.2, 0.25) is 11.9 Å². The lowest BCUT2D eigenvalue weighted by molar-refractivity contribution is -0.131. The molecule has 6 rings (SSSR count). The van der Waals surface area contributed by atoms with Crippen LogP contribution < -0.4 is 16.0 Å². The molecule has 0 spiro atoms. The molecule has 1 amide bonds. The number of aryl methyl sites for hydroxylation is 2. The van der Waals surface area contributed by atoms with Crippen molar-refractivity contribution in [2.45, 2.75) is 38.1 Å². The molecule has 4 heterocycles. The summed E-state index contributed by atoms with van der Waals surface area (Å²) in [6, 6.07) is 18.7. The van der Waals surface area contributed by atoms with Crippen LogP contribution >= 0.6 is 11.6 Å². The number of fused-ring (bicyclic) bond motifs is 6. The topological polar surface area (TPSA) is 95.1 Å². The van der Waals surface area contributed by atoms with Crippen LogP contribution in [0.25, 0.3) is 0 Å². The second-order valence-corrected chi connectivity index (χ2v) is 10.5. The van der Waals surface area contributed by atoms with Crippen molar-refractivity contribution in [1.29, 1.82) is 0 Å². The number of carbonyl (C=O) groups excluding carboxylic acids is 1. The first-order valence-electron chi connectivity index (χ1n) is 13.3. The molecular weight excluding hydrogens is 510 g/mol. The van der Waals surface area contributed by atoms with Crippen LogP contribution in [0.5, 0.6) is 0 Å². The molecule has 2 aromatic heterocycles. The molecule has 0 aliphatic carbocycles. The van der Waals surface area contributed by atoms with Gasteiger partial charge in [0.05, 0.1) is 24.5 Å². The van der Waals surface area contributed by atoms with Gasteiger partial charge in [0.25, 0.3) is 0 Å². The van der Waals surface area contributed by atoms with Crippen LogP contribution in [0.4, 0.5) is 28.8 Å². The summed E-state index contributed by atoms with van der Waals surface area (Å²) in [5, 5.41) is 10.8. The van der Waals surface area contributed by atoms with Crippen LogP contribution in [-0.2, 0) is 24.1 Å². The van der Waals surface area contributed by atoms with Gasteiger partial charge < -0.3 is 20.9 Å². The van der Waals surface area contributed by atoms with Crippen LogP contribution in [0, 0.1) is 0 Å². The van der Waals surface area contributed by atoms with Crippen LogP contribution in [0.2, 0.25) is 5.02 Å². The predicted molar refractivity (Wildman–Crippen MR) is 155 cm³/mol. The zero-order chi connectivity index (χ0) is 26.6. The van der Waals surface area contributed by atoms with Crippen molar-refractivity contribution in [3.8, 4) is 0 Å². The average Bonchev–Trinajstić information content (AvgIpc) is 2.96. The number of rotatable bonds is 4. The Kier molecular flexibility index (Phi) is 7.27. The summed E-state index contributed by atoms with van der Waals surface area (Å²) in [5.74, 6) is 1.19. The number of hydrogen-bond donors (Lipinski definition) is 3. The summed E-state index contributed by atoms with van der Waals surface area (Å²) < 4.78 is 0. The van der Waals surface area contributed by atoms with Gasteiger partial charge >= 0.3 is 0 Å². The summed E-state index contributed by atoms with van der Waals surface area (Å²) in [5.41, 5.74) is 6.24. The van der Waals surface area contributed by atoms with Crippen LogP contribution in [0.1, 0.15) is 29.5 Å².